The molecule has 0 heterocycles. The monoisotopic (exact) mass is 296 g/mol. The largest absolute Gasteiger partial charge is 0.573 e. The van der Waals surface area contributed by atoms with Crippen LogP contribution in [0.15, 0.2) is 24.3 Å². The lowest BCUT2D eigenvalue weighted by Gasteiger charge is -2.20. The van der Waals surface area contributed by atoms with E-state index in [1.165, 1.54) is 0 Å². The van der Waals surface area contributed by atoms with Gasteiger partial charge in [-0.05, 0) is 24.3 Å². The highest BCUT2D eigenvalue weighted by atomic mass is 19.4. The van der Waals surface area contributed by atoms with Crippen LogP contribution in [0.2, 0.25) is 0 Å². The SMILES string of the molecule is FC(F)(F)Oc1ccc(OC(F)(F)C(F)(F)F)cc1. The average Bonchev–Trinajstić information content (AvgIpc) is 2.16. The fourth-order valence-corrected chi connectivity index (χ4v) is 0.915. The van der Waals surface area contributed by atoms with E-state index in [1.54, 1.807) is 0 Å². The normalized spacial score (nSPS) is 13.3. The Hall–Kier alpha value is -1.74. The Bertz CT molecular complexity index is 419. The highest BCUT2D eigenvalue weighted by molar-refractivity contribution is 5.31. The summed E-state index contributed by atoms with van der Waals surface area (Å²) >= 11 is 0. The molecule has 0 saturated heterocycles. The van der Waals surface area contributed by atoms with Crippen molar-refractivity contribution in [1.82, 2.24) is 0 Å². The van der Waals surface area contributed by atoms with Gasteiger partial charge in [-0.2, -0.15) is 22.0 Å². The molecule has 0 spiro atoms. The van der Waals surface area contributed by atoms with E-state index in [-0.39, 0.29) is 0 Å². The van der Waals surface area contributed by atoms with E-state index in [1.807, 2.05) is 0 Å². The summed E-state index contributed by atoms with van der Waals surface area (Å²) in [5, 5.41) is 0. The molecule has 0 amide bonds. The van der Waals surface area contributed by atoms with Crippen molar-refractivity contribution in [3.63, 3.8) is 0 Å². The maximum atomic E-state index is 12.4. The first kappa shape index (κ1) is 15.3. The topological polar surface area (TPSA) is 18.5 Å². The highest BCUT2D eigenvalue weighted by Crippen LogP contribution is 2.37. The molecule has 0 atom stereocenters. The molecule has 19 heavy (non-hydrogen) atoms. The van der Waals surface area contributed by atoms with Crippen molar-refractivity contribution in [2.75, 3.05) is 0 Å². The van der Waals surface area contributed by atoms with Crippen molar-refractivity contribution in [3.05, 3.63) is 24.3 Å². The Morgan fingerprint density at radius 2 is 1.00 bits per heavy atom. The first-order chi connectivity index (χ1) is 8.41. The van der Waals surface area contributed by atoms with Crippen molar-refractivity contribution in [3.8, 4) is 11.5 Å². The summed E-state index contributed by atoms with van der Waals surface area (Å²) in [5.41, 5.74) is 0. The number of alkyl halides is 8. The minimum atomic E-state index is -5.94. The zero-order chi connectivity index (χ0) is 14.9. The van der Waals surface area contributed by atoms with Crippen LogP contribution < -0.4 is 9.47 Å². The molecular weight excluding hydrogens is 292 g/mol. The van der Waals surface area contributed by atoms with E-state index in [9.17, 15) is 35.1 Å². The Balaban J connectivity index is 2.78. The lowest BCUT2D eigenvalue weighted by Crippen LogP contribution is -2.41. The smallest absolute Gasteiger partial charge is 0.426 e. The fraction of sp³-hybridized carbons (Fsp3) is 0.333. The van der Waals surface area contributed by atoms with E-state index < -0.39 is 30.1 Å². The van der Waals surface area contributed by atoms with Crippen LogP contribution in [0.1, 0.15) is 0 Å². The van der Waals surface area contributed by atoms with Gasteiger partial charge in [0.05, 0.1) is 0 Å². The van der Waals surface area contributed by atoms with Gasteiger partial charge < -0.3 is 9.47 Å². The fourth-order valence-electron chi connectivity index (χ4n) is 0.915. The number of rotatable bonds is 3. The second-order valence-electron chi connectivity index (χ2n) is 3.14. The average molecular weight is 296 g/mol. The van der Waals surface area contributed by atoms with Gasteiger partial charge in [0, 0.05) is 0 Å². The summed E-state index contributed by atoms with van der Waals surface area (Å²) < 4.78 is 102. The van der Waals surface area contributed by atoms with Crippen LogP contribution in [0.5, 0.6) is 11.5 Å². The van der Waals surface area contributed by atoms with Gasteiger partial charge in [0.15, 0.2) is 0 Å². The van der Waals surface area contributed by atoms with Gasteiger partial charge in [0.2, 0.25) is 0 Å². The molecule has 10 heteroatoms. The summed E-state index contributed by atoms with van der Waals surface area (Å²) in [6, 6.07) is 2.05. The molecule has 0 saturated carbocycles. The Morgan fingerprint density at radius 1 is 0.632 bits per heavy atom. The summed E-state index contributed by atoms with van der Waals surface area (Å²) in [5.74, 6) is -1.74. The minimum Gasteiger partial charge on any atom is -0.426 e. The van der Waals surface area contributed by atoms with Gasteiger partial charge >= 0.3 is 18.6 Å². The molecule has 0 unspecified atom stereocenters. The van der Waals surface area contributed by atoms with Crippen LogP contribution in [0.4, 0.5) is 35.1 Å². The molecule has 0 aromatic heterocycles. The molecule has 0 aliphatic rings. The van der Waals surface area contributed by atoms with Crippen LogP contribution in [0.25, 0.3) is 0 Å². The van der Waals surface area contributed by atoms with Crippen molar-refractivity contribution in [1.29, 1.82) is 0 Å². The molecule has 2 nitrogen and oxygen atoms in total. The van der Waals surface area contributed by atoms with Gasteiger partial charge in [0.25, 0.3) is 0 Å². The lowest BCUT2D eigenvalue weighted by molar-refractivity contribution is -0.360. The summed E-state index contributed by atoms with van der Waals surface area (Å²) in [6.45, 7) is 0. The first-order valence-electron chi connectivity index (χ1n) is 4.40. The van der Waals surface area contributed by atoms with Crippen LogP contribution in [0, 0.1) is 0 Å². The molecule has 0 fully saturated rings. The first-order valence-corrected chi connectivity index (χ1v) is 4.40. The molecule has 0 aliphatic heterocycles. The number of hydrogen-bond acceptors (Lipinski definition) is 2. The van der Waals surface area contributed by atoms with Crippen molar-refractivity contribution in [2.45, 2.75) is 18.6 Å². The zero-order valence-electron chi connectivity index (χ0n) is 8.65. The predicted molar refractivity (Wildman–Crippen MR) is 44.8 cm³/mol. The maximum Gasteiger partial charge on any atom is 0.573 e. The van der Waals surface area contributed by atoms with Crippen molar-refractivity contribution >= 4 is 0 Å². The molecule has 108 valence electrons. The summed E-state index contributed by atoms with van der Waals surface area (Å²) in [4.78, 5) is 0. The van der Waals surface area contributed by atoms with Crippen LogP contribution >= 0.6 is 0 Å². The minimum absolute atomic E-state index is 0.487. The van der Waals surface area contributed by atoms with E-state index in [0.717, 1.165) is 0 Å². The second kappa shape index (κ2) is 4.74. The van der Waals surface area contributed by atoms with E-state index in [4.69, 9.17) is 0 Å². The second-order valence-corrected chi connectivity index (χ2v) is 3.14. The molecule has 0 N–H and O–H groups in total. The van der Waals surface area contributed by atoms with Gasteiger partial charge in [-0.3, -0.25) is 0 Å². The van der Waals surface area contributed by atoms with E-state index in [0.29, 0.717) is 24.3 Å². The standard InChI is InChI=1S/C9H4F8O2/c10-7(11,12)8(13,14)18-5-1-3-6(4-2-5)19-9(15,16)17/h1-4H. The number of benzene rings is 1. The third-order valence-corrected chi connectivity index (χ3v) is 1.63. The van der Waals surface area contributed by atoms with Gasteiger partial charge in [-0.15, -0.1) is 13.2 Å². The predicted octanol–water partition coefficient (Wildman–Crippen LogP) is 4.12. The van der Waals surface area contributed by atoms with Crippen LogP contribution in [0.3, 0.4) is 0 Å². The number of hydrogen-bond donors (Lipinski definition) is 0. The molecule has 1 rings (SSSR count). The Morgan fingerprint density at radius 3 is 1.32 bits per heavy atom. The van der Waals surface area contributed by atoms with Crippen LogP contribution in [-0.2, 0) is 0 Å². The Kier molecular flexibility index (Phi) is 3.82. The van der Waals surface area contributed by atoms with Crippen molar-refractivity contribution < 1.29 is 44.6 Å². The van der Waals surface area contributed by atoms with Gasteiger partial charge in [0.1, 0.15) is 11.5 Å². The molecule has 1 aromatic carbocycles. The number of ether oxygens (including phenoxy) is 2. The summed E-state index contributed by atoms with van der Waals surface area (Å²) in [6.07, 6.45) is -16.4. The van der Waals surface area contributed by atoms with Crippen molar-refractivity contribution in [2.24, 2.45) is 0 Å². The molecular formula is C9H4F8O2. The van der Waals surface area contributed by atoms with E-state index >= 15 is 0 Å². The molecule has 0 radical (unpaired) electrons. The third kappa shape index (κ3) is 4.45. The number of halogens is 8. The van der Waals surface area contributed by atoms with Gasteiger partial charge in [-0.1, -0.05) is 0 Å². The molecule has 1 aromatic rings. The quantitative estimate of drug-likeness (QED) is 0.781. The molecule has 0 bridgehead atoms. The lowest BCUT2D eigenvalue weighted by atomic mass is 10.3. The zero-order valence-corrected chi connectivity index (χ0v) is 8.65. The third-order valence-electron chi connectivity index (χ3n) is 1.63. The van der Waals surface area contributed by atoms with Gasteiger partial charge in [-0.25, -0.2) is 0 Å². The summed E-state index contributed by atoms with van der Waals surface area (Å²) in [7, 11) is 0. The van der Waals surface area contributed by atoms with Crippen LogP contribution in [-0.4, -0.2) is 18.6 Å². The Labute approximate surface area is 100 Å². The maximum absolute atomic E-state index is 12.4. The molecule has 0 aliphatic carbocycles. The van der Waals surface area contributed by atoms with E-state index in [2.05, 4.69) is 9.47 Å². The highest BCUT2D eigenvalue weighted by Gasteiger charge is 2.61.